The third-order valence-electron chi connectivity index (χ3n) is 3.26. The predicted octanol–water partition coefficient (Wildman–Crippen LogP) is 1.23. The first-order valence-corrected chi connectivity index (χ1v) is 6.31. The van der Waals surface area contributed by atoms with Crippen molar-refractivity contribution in [1.29, 1.82) is 0 Å². The zero-order valence-corrected chi connectivity index (χ0v) is 10.6. The lowest BCUT2D eigenvalue weighted by Gasteiger charge is -2.34. The van der Waals surface area contributed by atoms with Gasteiger partial charge in [0, 0.05) is 31.7 Å². The van der Waals surface area contributed by atoms with Crippen LogP contribution in [0.1, 0.15) is 11.6 Å². The van der Waals surface area contributed by atoms with Crippen LogP contribution in [0.25, 0.3) is 0 Å². The van der Waals surface area contributed by atoms with Crippen LogP contribution in [0.2, 0.25) is 0 Å². The summed E-state index contributed by atoms with van der Waals surface area (Å²) >= 11 is 0. The van der Waals surface area contributed by atoms with Crippen molar-refractivity contribution < 1.29 is 18.6 Å². The third-order valence-corrected chi connectivity index (χ3v) is 3.26. The molecule has 0 bridgehead atoms. The number of halogens is 2. The molecule has 1 heterocycles. The zero-order chi connectivity index (χ0) is 13.7. The summed E-state index contributed by atoms with van der Waals surface area (Å²) in [6.45, 7) is 0.220. The molecule has 1 aromatic rings. The number of aliphatic hydroxyl groups excluding tert-OH is 1. The van der Waals surface area contributed by atoms with Gasteiger partial charge >= 0.3 is 6.61 Å². The Morgan fingerprint density at radius 3 is 2.58 bits per heavy atom. The second-order valence-electron chi connectivity index (χ2n) is 4.40. The van der Waals surface area contributed by atoms with Crippen LogP contribution in [-0.2, 0) is 0 Å². The molecular weight excluding hydrogens is 254 g/mol. The van der Waals surface area contributed by atoms with E-state index in [9.17, 15) is 13.9 Å². The smallest absolute Gasteiger partial charge is 0.387 e. The fraction of sp³-hybridized carbons (Fsp3) is 0.538. The molecule has 106 valence electrons. The normalized spacial score (nSPS) is 18.5. The average Bonchev–Trinajstić information content (AvgIpc) is 2.42. The highest BCUT2D eigenvalue weighted by Crippen LogP contribution is 2.30. The van der Waals surface area contributed by atoms with Crippen molar-refractivity contribution >= 4 is 0 Å². The molecule has 0 unspecified atom stereocenters. The summed E-state index contributed by atoms with van der Waals surface area (Å²) < 4.78 is 29.3. The number of aliphatic hydroxyl groups is 1. The first-order chi connectivity index (χ1) is 9.22. The zero-order valence-electron chi connectivity index (χ0n) is 10.6. The van der Waals surface area contributed by atoms with Crippen LogP contribution in [0.5, 0.6) is 5.75 Å². The van der Waals surface area contributed by atoms with Crippen LogP contribution in [0.3, 0.4) is 0 Å². The van der Waals surface area contributed by atoms with E-state index < -0.39 is 6.61 Å². The van der Waals surface area contributed by atoms with Crippen molar-refractivity contribution in [2.75, 3.05) is 32.8 Å². The van der Waals surface area contributed by atoms with Crippen LogP contribution in [0.4, 0.5) is 8.78 Å². The third kappa shape index (κ3) is 3.62. The summed E-state index contributed by atoms with van der Waals surface area (Å²) in [6, 6.07) is 6.33. The summed E-state index contributed by atoms with van der Waals surface area (Å²) in [5.41, 5.74) is 0.604. The van der Waals surface area contributed by atoms with Gasteiger partial charge in [-0.2, -0.15) is 8.78 Å². The molecule has 0 amide bonds. The van der Waals surface area contributed by atoms with Gasteiger partial charge in [-0.1, -0.05) is 18.2 Å². The molecule has 0 radical (unpaired) electrons. The number of ether oxygens (including phenoxy) is 1. The molecule has 1 atom stereocenters. The van der Waals surface area contributed by atoms with Crippen molar-refractivity contribution in [3.05, 3.63) is 29.8 Å². The summed E-state index contributed by atoms with van der Waals surface area (Å²) in [4.78, 5) is 2.07. The molecule has 1 fully saturated rings. The number of hydrogen-bond donors (Lipinski definition) is 2. The van der Waals surface area contributed by atoms with Crippen molar-refractivity contribution in [2.45, 2.75) is 12.7 Å². The highest BCUT2D eigenvalue weighted by atomic mass is 19.3. The highest BCUT2D eigenvalue weighted by molar-refractivity contribution is 5.36. The van der Waals surface area contributed by atoms with Gasteiger partial charge in [0.25, 0.3) is 0 Å². The van der Waals surface area contributed by atoms with Crippen molar-refractivity contribution in [1.82, 2.24) is 10.2 Å². The molecule has 2 rings (SSSR count). The van der Waals surface area contributed by atoms with Gasteiger partial charge in [-0.3, -0.25) is 4.90 Å². The Morgan fingerprint density at radius 2 is 1.95 bits per heavy atom. The number of piperazine rings is 1. The van der Waals surface area contributed by atoms with E-state index in [1.807, 2.05) is 0 Å². The number of rotatable bonds is 5. The van der Waals surface area contributed by atoms with Crippen LogP contribution in [-0.4, -0.2) is 49.4 Å². The van der Waals surface area contributed by atoms with Gasteiger partial charge in [-0.15, -0.1) is 0 Å². The van der Waals surface area contributed by atoms with Gasteiger partial charge in [0.1, 0.15) is 5.75 Å². The Kier molecular flexibility index (Phi) is 5.07. The number of benzene rings is 1. The molecule has 1 aliphatic rings. The minimum atomic E-state index is -2.86. The summed E-state index contributed by atoms with van der Waals surface area (Å²) in [5, 5.41) is 12.8. The minimum absolute atomic E-state index is 0.121. The van der Waals surface area contributed by atoms with Crippen LogP contribution >= 0.6 is 0 Å². The Bertz CT molecular complexity index is 398. The molecule has 19 heavy (non-hydrogen) atoms. The standard InChI is InChI=1S/C13H18F2N2O2/c14-13(15)19-12-4-2-1-3-10(12)11(9-18)17-7-5-16-6-8-17/h1-4,11,13,16,18H,5-9H2/t11-/m0/s1. The molecule has 1 aromatic carbocycles. The van der Waals surface area contributed by atoms with E-state index in [0.29, 0.717) is 5.56 Å². The van der Waals surface area contributed by atoms with Crippen molar-refractivity contribution in [2.24, 2.45) is 0 Å². The van der Waals surface area contributed by atoms with Gasteiger partial charge < -0.3 is 15.2 Å². The number of hydrogen-bond acceptors (Lipinski definition) is 4. The largest absolute Gasteiger partial charge is 0.434 e. The quantitative estimate of drug-likeness (QED) is 0.846. The van der Waals surface area contributed by atoms with Crippen LogP contribution < -0.4 is 10.1 Å². The maximum Gasteiger partial charge on any atom is 0.387 e. The van der Waals surface area contributed by atoms with E-state index in [1.165, 1.54) is 6.07 Å². The molecule has 1 saturated heterocycles. The lowest BCUT2D eigenvalue weighted by atomic mass is 10.0. The van der Waals surface area contributed by atoms with Crippen LogP contribution in [0.15, 0.2) is 24.3 Å². The maximum absolute atomic E-state index is 12.4. The fourth-order valence-corrected chi connectivity index (χ4v) is 2.36. The Morgan fingerprint density at radius 1 is 1.26 bits per heavy atom. The molecule has 2 N–H and O–H groups in total. The second-order valence-corrected chi connectivity index (χ2v) is 4.40. The molecule has 0 saturated carbocycles. The summed E-state index contributed by atoms with van der Waals surface area (Å²) in [6.07, 6.45) is 0. The predicted molar refractivity (Wildman–Crippen MR) is 67.3 cm³/mol. The monoisotopic (exact) mass is 272 g/mol. The number of nitrogens with zero attached hydrogens (tertiary/aromatic N) is 1. The van der Waals surface area contributed by atoms with E-state index in [4.69, 9.17) is 0 Å². The van der Waals surface area contributed by atoms with E-state index in [-0.39, 0.29) is 18.4 Å². The molecule has 0 aromatic heterocycles. The average molecular weight is 272 g/mol. The van der Waals surface area contributed by atoms with E-state index in [2.05, 4.69) is 15.0 Å². The summed E-state index contributed by atoms with van der Waals surface area (Å²) in [7, 11) is 0. The van der Waals surface area contributed by atoms with Gasteiger partial charge in [0.15, 0.2) is 0 Å². The fourth-order valence-electron chi connectivity index (χ4n) is 2.36. The van der Waals surface area contributed by atoms with Gasteiger partial charge in [0.05, 0.1) is 12.6 Å². The van der Waals surface area contributed by atoms with Gasteiger partial charge in [-0.05, 0) is 6.07 Å². The molecule has 6 heteroatoms. The Balaban J connectivity index is 2.21. The van der Waals surface area contributed by atoms with E-state index in [1.54, 1.807) is 18.2 Å². The highest BCUT2D eigenvalue weighted by Gasteiger charge is 2.24. The van der Waals surface area contributed by atoms with Gasteiger partial charge in [0.2, 0.25) is 0 Å². The first-order valence-electron chi connectivity index (χ1n) is 6.31. The van der Waals surface area contributed by atoms with E-state index in [0.717, 1.165) is 26.2 Å². The minimum Gasteiger partial charge on any atom is -0.434 e. The van der Waals surface area contributed by atoms with Crippen molar-refractivity contribution in [3.63, 3.8) is 0 Å². The van der Waals surface area contributed by atoms with Crippen molar-refractivity contribution in [3.8, 4) is 5.75 Å². The number of nitrogens with one attached hydrogen (secondary N) is 1. The molecule has 0 aliphatic carbocycles. The second kappa shape index (κ2) is 6.79. The Labute approximate surface area is 111 Å². The van der Waals surface area contributed by atoms with E-state index >= 15 is 0 Å². The maximum atomic E-state index is 12.4. The topological polar surface area (TPSA) is 44.7 Å². The molecule has 4 nitrogen and oxygen atoms in total. The van der Waals surface area contributed by atoms with Gasteiger partial charge in [-0.25, -0.2) is 0 Å². The first kappa shape index (κ1) is 14.2. The number of para-hydroxylation sites is 1. The van der Waals surface area contributed by atoms with Crippen LogP contribution in [0, 0.1) is 0 Å². The summed E-state index contributed by atoms with van der Waals surface area (Å²) in [5.74, 6) is 0.134. The lowest BCUT2D eigenvalue weighted by molar-refractivity contribution is -0.0516. The lowest BCUT2D eigenvalue weighted by Crippen LogP contribution is -2.46. The SMILES string of the molecule is OC[C@@H](c1ccccc1OC(F)F)N1CCNCC1. The number of alkyl halides is 2. The molecule has 0 spiro atoms. The Hall–Kier alpha value is -1.24. The molecular formula is C13H18F2N2O2. The molecule has 1 aliphatic heterocycles.